The maximum absolute atomic E-state index is 11.8. The Balaban J connectivity index is 2.55. The van der Waals surface area contributed by atoms with Crippen LogP contribution in [0.5, 0.6) is 0 Å². The monoisotopic (exact) mass is 224 g/mol. The normalized spacial score (nSPS) is 14.0. The summed E-state index contributed by atoms with van der Waals surface area (Å²) >= 11 is 0. The molecular weight excluding hydrogens is 208 g/mol. The van der Waals surface area contributed by atoms with E-state index in [0.29, 0.717) is 12.5 Å². The van der Waals surface area contributed by atoms with Gasteiger partial charge in [0.05, 0.1) is 6.54 Å². The average molecular weight is 224 g/mol. The molecule has 0 atom stereocenters. The highest BCUT2D eigenvalue weighted by Crippen LogP contribution is 2.29. The van der Waals surface area contributed by atoms with E-state index in [1.54, 1.807) is 7.05 Å². The SMILES string of the molecule is C#CCN(C)C(=O)N(CC(=O)O)CC1CC1. The van der Waals surface area contributed by atoms with Gasteiger partial charge in [0.2, 0.25) is 0 Å². The molecule has 0 bridgehead atoms. The van der Waals surface area contributed by atoms with Crippen LogP contribution in [0.2, 0.25) is 0 Å². The van der Waals surface area contributed by atoms with E-state index < -0.39 is 5.97 Å². The molecule has 1 aliphatic carbocycles. The van der Waals surface area contributed by atoms with Crippen molar-refractivity contribution in [2.24, 2.45) is 5.92 Å². The van der Waals surface area contributed by atoms with Crippen LogP contribution in [0.4, 0.5) is 4.79 Å². The lowest BCUT2D eigenvalue weighted by Gasteiger charge is -2.25. The van der Waals surface area contributed by atoms with Crippen LogP contribution in [-0.4, -0.2) is 53.6 Å². The number of carbonyl (C=O) groups excluding carboxylic acids is 1. The zero-order chi connectivity index (χ0) is 12.1. The molecule has 0 aromatic carbocycles. The molecule has 0 aliphatic heterocycles. The van der Waals surface area contributed by atoms with Crippen molar-refractivity contribution in [1.29, 1.82) is 0 Å². The van der Waals surface area contributed by atoms with Gasteiger partial charge in [0.15, 0.2) is 0 Å². The van der Waals surface area contributed by atoms with Gasteiger partial charge in [0, 0.05) is 13.6 Å². The van der Waals surface area contributed by atoms with E-state index in [0.717, 1.165) is 12.8 Å². The largest absolute Gasteiger partial charge is 0.480 e. The summed E-state index contributed by atoms with van der Waals surface area (Å²) in [6.07, 6.45) is 7.25. The molecule has 2 amide bonds. The van der Waals surface area contributed by atoms with E-state index in [1.807, 2.05) is 0 Å². The van der Waals surface area contributed by atoms with Crippen LogP contribution in [0, 0.1) is 18.3 Å². The van der Waals surface area contributed by atoms with Crippen molar-refractivity contribution in [3.8, 4) is 12.3 Å². The van der Waals surface area contributed by atoms with Crippen molar-refractivity contribution in [3.05, 3.63) is 0 Å². The molecule has 1 N–H and O–H groups in total. The van der Waals surface area contributed by atoms with Gasteiger partial charge in [-0.3, -0.25) is 4.79 Å². The third kappa shape index (κ3) is 3.81. The molecule has 0 spiro atoms. The molecule has 88 valence electrons. The number of amides is 2. The first kappa shape index (κ1) is 12.4. The Morgan fingerprint density at radius 2 is 2.12 bits per heavy atom. The molecule has 0 unspecified atom stereocenters. The topological polar surface area (TPSA) is 60.9 Å². The van der Waals surface area contributed by atoms with Gasteiger partial charge >= 0.3 is 12.0 Å². The van der Waals surface area contributed by atoms with Crippen LogP contribution < -0.4 is 0 Å². The van der Waals surface area contributed by atoms with E-state index >= 15 is 0 Å². The summed E-state index contributed by atoms with van der Waals surface area (Å²) in [6, 6.07) is -0.313. The van der Waals surface area contributed by atoms with E-state index in [-0.39, 0.29) is 19.1 Å². The Hall–Kier alpha value is -1.70. The average Bonchev–Trinajstić information content (AvgIpc) is 2.99. The second-order valence-corrected chi connectivity index (χ2v) is 4.06. The van der Waals surface area contributed by atoms with E-state index in [2.05, 4.69) is 5.92 Å². The molecule has 0 radical (unpaired) electrons. The first-order chi connectivity index (χ1) is 7.54. The summed E-state index contributed by atoms with van der Waals surface area (Å²) in [5.41, 5.74) is 0. The van der Waals surface area contributed by atoms with Crippen LogP contribution in [0.25, 0.3) is 0 Å². The van der Waals surface area contributed by atoms with Gasteiger partial charge in [-0.1, -0.05) is 5.92 Å². The van der Waals surface area contributed by atoms with E-state index in [9.17, 15) is 9.59 Å². The van der Waals surface area contributed by atoms with Crippen molar-refractivity contribution in [1.82, 2.24) is 9.80 Å². The maximum Gasteiger partial charge on any atom is 0.323 e. The molecule has 0 aromatic heterocycles. The van der Waals surface area contributed by atoms with Crippen LogP contribution in [0.1, 0.15) is 12.8 Å². The Morgan fingerprint density at radius 3 is 2.56 bits per heavy atom. The molecular formula is C11H16N2O3. The predicted molar refractivity (Wildman–Crippen MR) is 58.8 cm³/mol. The van der Waals surface area contributed by atoms with Crippen LogP contribution in [0.15, 0.2) is 0 Å². The predicted octanol–water partition coefficient (Wildman–Crippen LogP) is 0.468. The number of urea groups is 1. The van der Waals surface area contributed by atoms with Crippen molar-refractivity contribution in [3.63, 3.8) is 0 Å². The first-order valence-electron chi connectivity index (χ1n) is 5.20. The highest BCUT2D eigenvalue weighted by atomic mass is 16.4. The van der Waals surface area contributed by atoms with Crippen molar-refractivity contribution in [2.45, 2.75) is 12.8 Å². The number of aliphatic carboxylic acids is 1. The quantitative estimate of drug-likeness (QED) is 0.690. The van der Waals surface area contributed by atoms with Crippen LogP contribution in [0.3, 0.4) is 0 Å². The smallest absolute Gasteiger partial charge is 0.323 e. The second-order valence-electron chi connectivity index (χ2n) is 4.06. The summed E-state index contributed by atoms with van der Waals surface area (Å²) in [5, 5.41) is 8.73. The lowest BCUT2D eigenvalue weighted by atomic mass is 10.3. The molecule has 5 heteroatoms. The highest BCUT2D eigenvalue weighted by Gasteiger charge is 2.29. The lowest BCUT2D eigenvalue weighted by molar-refractivity contribution is -0.137. The van der Waals surface area contributed by atoms with Crippen molar-refractivity contribution in [2.75, 3.05) is 26.7 Å². The van der Waals surface area contributed by atoms with Crippen LogP contribution in [-0.2, 0) is 4.79 Å². The molecule has 1 aliphatic rings. The number of carboxylic acid groups (broad SMARTS) is 1. The number of terminal acetylenes is 1. The third-order valence-corrected chi connectivity index (χ3v) is 2.43. The Labute approximate surface area is 95.0 Å². The summed E-state index contributed by atoms with van der Waals surface area (Å²) in [4.78, 5) is 25.2. The van der Waals surface area contributed by atoms with Crippen molar-refractivity contribution < 1.29 is 14.7 Å². The fourth-order valence-corrected chi connectivity index (χ4v) is 1.43. The number of carboxylic acids is 1. The molecule has 0 heterocycles. The number of hydrogen-bond donors (Lipinski definition) is 1. The number of hydrogen-bond acceptors (Lipinski definition) is 2. The van der Waals surface area contributed by atoms with Crippen LogP contribution >= 0.6 is 0 Å². The maximum atomic E-state index is 11.8. The Morgan fingerprint density at radius 1 is 1.50 bits per heavy atom. The standard InChI is InChI=1S/C11H16N2O3/c1-3-6-12(2)11(16)13(8-10(14)15)7-9-4-5-9/h1,9H,4-8H2,2H3,(H,14,15). The molecule has 1 fully saturated rings. The molecule has 5 nitrogen and oxygen atoms in total. The van der Waals surface area contributed by atoms with Gasteiger partial charge in [-0.05, 0) is 18.8 Å². The number of rotatable bonds is 5. The van der Waals surface area contributed by atoms with Gasteiger partial charge in [-0.15, -0.1) is 6.42 Å². The summed E-state index contributed by atoms with van der Waals surface area (Å²) in [6.45, 7) is 0.448. The van der Waals surface area contributed by atoms with Gasteiger partial charge in [0.1, 0.15) is 6.54 Å². The minimum atomic E-state index is -0.997. The molecule has 1 saturated carbocycles. The third-order valence-electron chi connectivity index (χ3n) is 2.43. The zero-order valence-corrected chi connectivity index (χ0v) is 9.35. The molecule has 16 heavy (non-hydrogen) atoms. The van der Waals surface area contributed by atoms with Gasteiger partial charge in [0.25, 0.3) is 0 Å². The molecule has 0 aromatic rings. The van der Waals surface area contributed by atoms with E-state index in [1.165, 1.54) is 9.80 Å². The first-order valence-corrected chi connectivity index (χ1v) is 5.20. The fraction of sp³-hybridized carbons (Fsp3) is 0.636. The van der Waals surface area contributed by atoms with Gasteiger partial charge < -0.3 is 14.9 Å². The van der Waals surface area contributed by atoms with Gasteiger partial charge in [-0.25, -0.2) is 4.79 Å². The highest BCUT2D eigenvalue weighted by molar-refractivity contribution is 5.80. The van der Waals surface area contributed by atoms with E-state index in [4.69, 9.17) is 11.5 Å². The molecule has 1 rings (SSSR count). The van der Waals surface area contributed by atoms with Crippen molar-refractivity contribution >= 4 is 12.0 Å². The summed E-state index contributed by atoms with van der Waals surface area (Å²) in [7, 11) is 1.57. The second kappa shape index (κ2) is 5.40. The number of carbonyl (C=O) groups is 2. The lowest BCUT2D eigenvalue weighted by Crippen LogP contribution is -2.44. The minimum Gasteiger partial charge on any atom is -0.480 e. The minimum absolute atomic E-state index is 0.194. The Kier molecular flexibility index (Phi) is 4.18. The van der Waals surface area contributed by atoms with Gasteiger partial charge in [-0.2, -0.15) is 0 Å². The zero-order valence-electron chi connectivity index (χ0n) is 9.35. The molecule has 0 saturated heterocycles. The fourth-order valence-electron chi connectivity index (χ4n) is 1.43. The summed E-state index contributed by atoms with van der Waals surface area (Å²) in [5.74, 6) is 1.82. The Bertz CT molecular complexity index is 318. The number of nitrogens with zero attached hydrogens (tertiary/aromatic N) is 2. The summed E-state index contributed by atoms with van der Waals surface area (Å²) < 4.78 is 0.